The van der Waals surface area contributed by atoms with E-state index < -0.39 is 0 Å². The molecule has 1 saturated carbocycles. The third kappa shape index (κ3) is 2.19. The topological polar surface area (TPSA) is 43.1 Å². The highest BCUT2D eigenvalue weighted by Gasteiger charge is 2.51. The van der Waals surface area contributed by atoms with E-state index in [4.69, 9.17) is 5.73 Å². The quantitative estimate of drug-likeness (QED) is 0.866. The first kappa shape index (κ1) is 12.4. The van der Waals surface area contributed by atoms with Crippen molar-refractivity contribution in [2.24, 2.45) is 5.73 Å². The molecule has 1 aliphatic carbocycles. The van der Waals surface area contributed by atoms with E-state index in [2.05, 4.69) is 28.1 Å². The average molecular weight is 316 g/mol. The van der Waals surface area contributed by atoms with Crippen molar-refractivity contribution in [1.82, 2.24) is 0 Å². The number of benzene rings is 2. The summed E-state index contributed by atoms with van der Waals surface area (Å²) in [6.07, 6.45) is 0. The molecule has 0 bridgehead atoms. The number of alkyl halides is 1. The Balaban J connectivity index is 1.95. The predicted octanol–water partition coefficient (Wildman–Crippen LogP) is 3.43. The molecule has 19 heavy (non-hydrogen) atoms. The standard InChI is InChI=1S/C16H14BrNO/c17-15-13(10-6-2-1-3-7-10)14(15)11-8-4-5-9-12(11)16(18)19/h1-9,13-15H,(H2,18,19)/t13-,14+,15?/m1/s1. The van der Waals surface area contributed by atoms with Crippen LogP contribution in [0.25, 0.3) is 0 Å². The molecule has 3 rings (SSSR count). The minimum Gasteiger partial charge on any atom is -0.366 e. The average Bonchev–Trinajstić information content (AvgIpc) is 3.11. The van der Waals surface area contributed by atoms with Crippen LogP contribution in [0.4, 0.5) is 0 Å². The summed E-state index contributed by atoms with van der Waals surface area (Å²) in [5.41, 5.74) is 8.44. The van der Waals surface area contributed by atoms with Gasteiger partial charge in [0.15, 0.2) is 0 Å². The molecule has 0 spiro atoms. The summed E-state index contributed by atoms with van der Waals surface area (Å²) in [5.74, 6) is 0.391. The van der Waals surface area contributed by atoms with E-state index in [0.717, 1.165) is 5.56 Å². The van der Waals surface area contributed by atoms with Gasteiger partial charge >= 0.3 is 0 Å². The number of halogens is 1. The van der Waals surface area contributed by atoms with Crippen LogP contribution >= 0.6 is 15.9 Å². The van der Waals surface area contributed by atoms with Gasteiger partial charge in [-0.05, 0) is 17.2 Å². The van der Waals surface area contributed by atoms with E-state index in [1.54, 1.807) is 6.07 Å². The van der Waals surface area contributed by atoms with Crippen LogP contribution < -0.4 is 5.73 Å². The van der Waals surface area contributed by atoms with Crippen LogP contribution in [-0.4, -0.2) is 10.7 Å². The molecule has 3 heteroatoms. The van der Waals surface area contributed by atoms with Gasteiger partial charge in [0.25, 0.3) is 0 Å². The van der Waals surface area contributed by atoms with Crippen molar-refractivity contribution >= 4 is 21.8 Å². The van der Waals surface area contributed by atoms with Crippen LogP contribution in [0.3, 0.4) is 0 Å². The van der Waals surface area contributed by atoms with Crippen molar-refractivity contribution in [1.29, 1.82) is 0 Å². The Morgan fingerprint density at radius 3 is 2.26 bits per heavy atom. The molecule has 0 saturated heterocycles. The van der Waals surface area contributed by atoms with Gasteiger partial charge in [-0.15, -0.1) is 0 Å². The molecule has 2 N–H and O–H groups in total. The summed E-state index contributed by atoms with van der Waals surface area (Å²) in [6.45, 7) is 0. The second-order valence-electron chi connectivity index (χ2n) is 4.86. The highest BCUT2D eigenvalue weighted by atomic mass is 79.9. The van der Waals surface area contributed by atoms with Gasteiger partial charge in [0, 0.05) is 22.2 Å². The second-order valence-corrected chi connectivity index (χ2v) is 5.92. The maximum atomic E-state index is 11.5. The summed E-state index contributed by atoms with van der Waals surface area (Å²) in [7, 11) is 0. The fourth-order valence-corrected chi connectivity index (χ4v) is 3.79. The van der Waals surface area contributed by atoms with Gasteiger partial charge in [-0.25, -0.2) is 0 Å². The first-order valence-electron chi connectivity index (χ1n) is 6.28. The third-order valence-corrected chi connectivity index (χ3v) is 4.84. The highest BCUT2D eigenvalue weighted by molar-refractivity contribution is 9.09. The molecule has 2 nitrogen and oxygen atoms in total. The molecule has 96 valence electrons. The number of carbonyl (C=O) groups is 1. The van der Waals surface area contributed by atoms with Crippen LogP contribution in [-0.2, 0) is 0 Å². The normalized spacial score (nSPS) is 25.0. The molecule has 2 aromatic rings. The van der Waals surface area contributed by atoms with E-state index in [1.165, 1.54) is 5.56 Å². The molecule has 0 aromatic heterocycles. The summed E-state index contributed by atoms with van der Waals surface area (Å²) in [6, 6.07) is 18.0. The molecule has 3 atom stereocenters. The Morgan fingerprint density at radius 1 is 0.947 bits per heavy atom. The fourth-order valence-electron chi connectivity index (χ4n) is 2.72. The lowest BCUT2D eigenvalue weighted by Gasteiger charge is -2.05. The molecule has 0 aliphatic heterocycles. The maximum Gasteiger partial charge on any atom is 0.248 e. The zero-order valence-electron chi connectivity index (χ0n) is 10.3. The van der Waals surface area contributed by atoms with Gasteiger partial charge in [-0.1, -0.05) is 64.5 Å². The molecule has 1 amide bonds. The summed E-state index contributed by atoms with van der Waals surface area (Å²) < 4.78 is 0. The van der Waals surface area contributed by atoms with Crippen molar-refractivity contribution < 1.29 is 4.79 Å². The third-order valence-electron chi connectivity index (χ3n) is 3.70. The monoisotopic (exact) mass is 315 g/mol. The first-order chi connectivity index (χ1) is 9.20. The zero-order valence-corrected chi connectivity index (χ0v) is 11.9. The largest absolute Gasteiger partial charge is 0.366 e. The van der Waals surface area contributed by atoms with Crippen LogP contribution in [0.15, 0.2) is 54.6 Å². The SMILES string of the molecule is NC(=O)c1ccccc1[C@@H]1C(Br)[C@@H]1c1ccccc1. The summed E-state index contributed by atoms with van der Waals surface area (Å²) >= 11 is 3.72. The number of hydrogen-bond acceptors (Lipinski definition) is 1. The minimum absolute atomic E-state index is 0.325. The second kappa shape index (κ2) is 4.82. The lowest BCUT2D eigenvalue weighted by molar-refractivity contribution is 0.0999. The Labute approximate surface area is 120 Å². The Hall–Kier alpha value is -1.61. The van der Waals surface area contributed by atoms with Gasteiger partial charge in [-0.2, -0.15) is 0 Å². The Bertz CT molecular complexity index is 611. The van der Waals surface area contributed by atoms with E-state index in [-0.39, 0.29) is 5.91 Å². The number of primary amides is 1. The highest BCUT2D eigenvalue weighted by Crippen LogP contribution is 2.59. The lowest BCUT2D eigenvalue weighted by Crippen LogP contribution is -2.13. The van der Waals surface area contributed by atoms with Gasteiger partial charge in [0.2, 0.25) is 5.91 Å². The van der Waals surface area contributed by atoms with Crippen molar-refractivity contribution in [3.05, 3.63) is 71.3 Å². The van der Waals surface area contributed by atoms with E-state index in [1.807, 2.05) is 36.4 Å². The van der Waals surface area contributed by atoms with Gasteiger partial charge in [-0.3, -0.25) is 4.79 Å². The smallest absolute Gasteiger partial charge is 0.248 e. The minimum atomic E-state index is -0.353. The Kier molecular flexibility index (Phi) is 3.15. The molecule has 1 unspecified atom stereocenters. The molecule has 1 aliphatic rings. The van der Waals surface area contributed by atoms with E-state index >= 15 is 0 Å². The number of rotatable bonds is 3. The number of carbonyl (C=O) groups excluding carboxylic acids is 1. The van der Waals surface area contributed by atoms with Crippen LogP contribution in [0.1, 0.15) is 33.3 Å². The molecule has 2 aromatic carbocycles. The van der Waals surface area contributed by atoms with Crippen LogP contribution in [0, 0.1) is 0 Å². The van der Waals surface area contributed by atoms with Crippen molar-refractivity contribution in [3.63, 3.8) is 0 Å². The fraction of sp³-hybridized carbons (Fsp3) is 0.188. The van der Waals surface area contributed by atoms with Crippen molar-refractivity contribution in [2.45, 2.75) is 16.7 Å². The summed E-state index contributed by atoms with van der Waals surface area (Å²) in [4.78, 5) is 11.9. The molecule has 1 fully saturated rings. The van der Waals surface area contributed by atoms with Gasteiger partial charge < -0.3 is 5.73 Å². The lowest BCUT2D eigenvalue weighted by atomic mass is 9.99. The number of nitrogens with two attached hydrogens (primary N) is 1. The Morgan fingerprint density at radius 2 is 1.58 bits per heavy atom. The van der Waals surface area contributed by atoms with Crippen LogP contribution in [0.5, 0.6) is 0 Å². The van der Waals surface area contributed by atoms with Crippen LogP contribution in [0.2, 0.25) is 0 Å². The predicted molar refractivity (Wildman–Crippen MR) is 79.6 cm³/mol. The first-order valence-corrected chi connectivity index (χ1v) is 7.19. The van der Waals surface area contributed by atoms with E-state index in [9.17, 15) is 4.79 Å². The van der Waals surface area contributed by atoms with Crippen molar-refractivity contribution in [3.8, 4) is 0 Å². The maximum absolute atomic E-state index is 11.5. The molecule has 0 radical (unpaired) electrons. The van der Waals surface area contributed by atoms with Crippen molar-refractivity contribution in [2.75, 3.05) is 0 Å². The van der Waals surface area contributed by atoms with Gasteiger partial charge in [0.05, 0.1) is 0 Å². The molecular formula is C16H14BrNO. The molecule has 0 heterocycles. The summed E-state index contributed by atoms with van der Waals surface area (Å²) in [5, 5.41) is 0. The number of amides is 1. The molecular weight excluding hydrogens is 302 g/mol. The van der Waals surface area contributed by atoms with Gasteiger partial charge in [0.1, 0.15) is 0 Å². The zero-order chi connectivity index (χ0) is 13.4. The van der Waals surface area contributed by atoms with E-state index in [0.29, 0.717) is 22.2 Å². The number of hydrogen-bond donors (Lipinski definition) is 1.